The Labute approximate surface area is 148 Å². The van der Waals surface area contributed by atoms with Crippen molar-refractivity contribution in [1.29, 1.82) is 0 Å². The summed E-state index contributed by atoms with van der Waals surface area (Å²) in [6.45, 7) is 4.48. The van der Waals surface area contributed by atoms with Gasteiger partial charge in [-0.2, -0.15) is 13.2 Å². The number of hydrogen-bond acceptors (Lipinski definition) is 5. The lowest BCUT2D eigenvalue weighted by Gasteiger charge is -2.36. The van der Waals surface area contributed by atoms with Crippen LogP contribution in [-0.4, -0.2) is 36.2 Å². The molecule has 0 spiro atoms. The molecule has 5 nitrogen and oxygen atoms in total. The van der Waals surface area contributed by atoms with Crippen molar-refractivity contribution in [2.45, 2.75) is 19.6 Å². The van der Waals surface area contributed by atoms with E-state index in [9.17, 15) is 23.1 Å². The molecule has 1 aromatic carbocycles. The maximum absolute atomic E-state index is 12.6. The zero-order valence-corrected chi connectivity index (χ0v) is 14.2. The summed E-state index contributed by atoms with van der Waals surface area (Å²) in [6, 6.07) is 6.36. The van der Waals surface area contributed by atoms with E-state index in [4.69, 9.17) is 4.42 Å². The molecule has 2 heterocycles. The second kappa shape index (κ2) is 7.03. The summed E-state index contributed by atoms with van der Waals surface area (Å²) >= 11 is 0. The van der Waals surface area contributed by atoms with Crippen LogP contribution in [0, 0.1) is 6.92 Å². The Bertz CT molecular complexity index is 823. The standard InChI is InChI=1S/C18H19F3N2O3/c1-12-10-15(24)17(25)16(26-12)11-22-6-8-23(9-7-22)14-4-2-13(3-5-14)18(19,20)21/h2-5,10,25H,6-9,11H2,1H3. The van der Waals surface area contributed by atoms with Gasteiger partial charge in [-0.3, -0.25) is 9.69 Å². The lowest BCUT2D eigenvalue weighted by molar-refractivity contribution is -0.137. The van der Waals surface area contributed by atoms with Gasteiger partial charge < -0.3 is 14.4 Å². The number of hydrogen-bond donors (Lipinski definition) is 1. The predicted molar refractivity (Wildman–Crippen MR) is 90.3 cm³/mol. The van der Waals surface area contributed by atoms with Gasteiger partial charge in [-0.05, 0) is 31.2 Å². The zero-order valence-electron chi connectivity index (χ0n) is 14.2. The summed E-state index contributed by atoms with van der Waals surface area (Å²) in [4.78, 5) is 15.6. The molecule has 1 fully saturated rings. The van der Waals surface area contributed by atoms with Crippen LogP contribution in [0.4, 0.5) is 18.9 Å². The maximum atomic E-state index is 12.6. The second-order valence-corrected chi connectivity index (χ2v) is 6.30. The smallest absolute Gasteiger partial charge is 0.416 e. The number of piperazine rings is 1. The fourth-order valence-electron chi connectivity index (χ4n) is 3.00. The highest BCUT2D eigenvalue weighted by Crippen LogP contribution is 2.30. The largest absolute Gasteiger partial charge is 0.502 e. The van der Waals surface area contributed by atoms with E-state index in [1.54, 1.807) is 6.92 Å². The molecule has 0 unspecified atom stereocenters. The van der Waals surface area contributed by atoms with Crippen LogP contribution in [-0.2, 0) is 12.7 Å². The quantitative estimate of drug-likeness (QED) is 0.903. The van der Waals surface area contributed by atoms with E-state index in [-0.39, 0.29) is 11.5 Å². The van der Waals surface area contributed by atoms with Gasteiger partial charge in [0.05, 0.1) is 12.1 Å². The number of alkyl halides is 3. The molecule has 0 saturated carbocycles. The average molecular weight is 368 g/mol. The van der Waals surface area contributed by atoms with Gasteiger partial charge in [-0.15, -0.1) is 0 Å². The summed E-state index contributed by atoms with van der Waals surface area (Å²) in [5, 5.41) is 9.84. The number of rotatable bonds is 3. The molecule has 0 amide bonds. The number of anilines is 1. The van der Waals surface area contributed by atoms with Gasteiger partial charge >= 0.3 is 6.18 Å². The molecular weight excluding hydrogens is 349 g/mol. The number of halogens is 3. The Kier molecular flexibility index (Phi) is 4.95. The van der Waals surface area contributed by atoms with Crippen LogP contribution in [0.1, 0.15) is 17.1 Å². The minimum absolute atomic E-state index is 0.234. The molecule has 0 aliphatic carbocycles. The van der Waals surface area contributed by atoms with Crippen molar-refractivity contribution in [2.75, 3.05) is 31.1 Å². The number of aryl methyl sites for hydroxylation is 1. The second-order valence-electron chi connectivity index (χ2n) is 6.30. The van der Waals surface area contributed by atoms with E-state index < -0.39 is 17.2 Å². The molecule has 2 aromatic rings. The van der Waals surface area contributed by atoms with Gasteiger partial charge in [0.2, 0.25) is 11.2 Å². The van der Waals surface area contributed by atoms with Crippen LogP contribution in [0.2, 0.25) is 0 Å². The Hall–Kier alpha value is -2.48. The predicted octanol–water partition coefficient (Wildman–Crippen LogP) is 2.99. The van der Waals surface area contributed by atoms with E-state index in [2.05, 4.69) is 0 Å². The van der Waals surface area contributed by atoms with Gasteiger partial charge in [0, 0.05) is 37.9 Å². The molecule has 0 bridgehead atoms. The monoisotopic (exact) mass is 368 g/mol. The number of aromatic hydroxyl groups is 1. The molecule has 1 aliphatic rings. The first-order valence-corrected chi connectivity index (χ1v) is 8.21. The maximum Gasteiger partial charge on any atom is 0.416 e. The van der Waals surface area contributed by atoms with Crippen molar-refractivity contribution in [3.63, 3.8) is 0 Å². The first-order valence-electron chi connectivity index (χ1n) is 8.21. The highest BCUT2D eigenvalue weighted by molar-refractivity contribution is 5.48. The highest BCUT2D eigenvalue weighted by atomic mass is 19.4. The van der Waals surface area contributed by atoms with Crippen molar-refractivity contribution in [1.82, 2.24) is 4.90 Å². The first kappa shape index (κ1) is 18.3. The van der Waals surface area contributed by atoms with Crippen LogP contribution in [0.15, 0.2) is 39.5 Å². The SMILES string of the molecule is Cc1cc(=O)c(O)c(CN2CCN(c3ccc(C(F)(F)F)cc3)CC2)o1. The summed E-state index contributed by atoms with van der Waals surface area (Å²) < 4.78 is 43.3. The van der Waals surface area contributed by atoms with Gasteiger partial charge in [-0.25, -0.2) is 0 Å². The summed E-state index contributed by atoms with van der Waals surface area (Å²) in [7, 11) is 0. The number of benzene rings is 1. The normalized spacial score (nSPS) is 16.1. The average Bonchev–Trinajstić information content (AvgIpc) is 2.59. The number of nitrogens with zero attached hydrogens (tertiary/aromatic N) is 2. The topological polar surface area (TPSA) is 56.9 Å². The Balaban J connectivity index is 1.62. The highest BCUT2D eigenvalue weighted by Gasteiger charge is 2.30. The molecule has 0 atom stereocenters. The summed E-state index contributed by atoms with van der Waals surface area (Å²) in [5.74, 6) is 0.296. The molecule has 1 N–H and O–H groups in total. The molecular formula is C18H19F3N2O3. The third-order valence-corrected chi connectivity index (χ3v) is 4.42. The van der Waals surface area contributed by atoms with Crippen molar-refractivity contribution in [3.8, 4) is 5.75 Å². The molecule has 1 saturated heterocycles. The third-order valence-electron chi connectivity index (χ3n) is 4.42. The first-order chi connectivity index (χ1) is 12.2. The van der Waals surface area contributed by atoms with Crippen LogP contribution >= 0.6 is 0 Å². The van der Waals surface area contributed by atoms with Crippen LogP contribution in [0.5, 0.6) is 5.75 Å². The molecule has 8 heteroatoms. The minimum atomic E-state index is -4.34. The van der Waals surface area contributed by atoms with Gasteiger partial charge in [0.15, 0.2) is 5.76 Å². The van der Waals surface area contributed by atoms with Crippen molar-refractivity contribution in [2.24, 2.45) is 0 Å². The molecule has 1 aliphatic heterocycles. The van der Waals surface area contributed by atoms with Gasteiger partial charge in [-0.1, -0.05) is 0 Å². The van der Waals surface area contributed by atoms with E-state index >= 15 is 0 Å². The molecule has 26 heavy (non-hydrogen) atoms. The summed E-state index contributed by atoms with van der Waals surface area (Å²) in [6.07, 6.45) is -4.34. The Morgan fingerprint density at radius 2 is 1.73 bits per heavy atom. The molecule has 140 valence electrons. The fourth-order valence-corrected chi connectivity index (χ4v) is 3.00. The fraction of sp³-hybridized carbons (Fsp3) is 0.389. The molecule has 0 radical (unpaired) electrons. The van der Waals surface area contributed by atoms with Crippen molar-refractivity contribution < 1.29 is 22.7 Å². The van der Waals surface area contributed by atoms with Crippen molar-refractivity contribution >= 4 is 5.69 Å². The summed E-state index contributed by atoms with van der Waals surface area (Å²) in [5.41, 5.74) is -0.389. The minimum Gasteiger partial charge on any atom is -0.502 e. The van der Waals surface area contributed by atoms with Crippen molar-refractivity contribution in [3.05, 3.63) is 57.6 Å². The van der Waals surface area contributed by atoms with E-state index in [1.165, 1.54) is 18.2 Å². The van der Waals surface area contributed by atoms with Gasteiger partial charge in [0.1, 0.15) is 5.76 Å². The van der Waals surface area contributed by atoms with E-state index in [0.29, 0.717) is 38.5 Å². The zero-order chi connectivity index (χ0) is 18.9. The van der Waals surface area contributed by atoms with Crippen LogP contribution in [0.3, 0.4) is 0 Å². The molecule has 3 rings (SSSR count). The lowest BCUT2D eigenvalue weighted by atomic mass is 10.1. The van der Waals surface area contributed by atoms with E-state index in [0.717, 1.165) is 17.8 Å². The third kappa shape index (κ3) is 4.01. The van der Waals surface area contributed by atoms with Crippen LogP contribution in [0.25, 0.3) is 0 Å². The Morgan fingerprint density at radius 1 is 1.12 bits per heavy atom. The Morgan fingerprint density at radius 3 is 2.31 bits per heavy atom. The van der Waals surface area contributed by atoms with E-state index in [1.807, 2.05) is 9.80 Å². The molecule has 1 aromatic heterocycles. The van der Waals surface area contributed by atoms with Crippen LogP contribution < -0.4 is 10.3 Å². The lowest BCUT2D eigenvalue weighted by Crippen LogP contribution is -2.46. The van der Waals surface area contributed by atoms with Gasteiger partial charge in [0.25, 0.3) is 0 Å².